The van der Waals surface area contributed by atoms with Crippen molar-refractivity contribution >= 4 is 11.7 Å². The first-order valence-electron chi connectivity index (χ1n) is 6.36. The minimum absolute atomic E-state index is 0.0934. The highest BCUT2D eigenvalue weighted by Crippen LogP contribution is 2.25. The average Bonchev–Trinajstić information content (AvgIpc) is 2.38. The van der Waals surface area contributed by atoms with Gasteiger partial charge in [-0.05, 0) is 26.2 Å². The van der Waals surface area contributed by atoms with Gasteiger partial charge < -0.3 is 9.80 Å². The van der Waals surface area contributed by atoms with Crippen LogP contribution in [0, 0.1) is 6.92 Å². The molecule has 98 valence electrons. The monoisotopic (exact) mass is 248 g/mol. The molecule has 0 N–H and O–H groups in total. The van der Waals surface area contributed by atoms with Gasteiger partial charge in [-0.15, -0.1) is 0 Å². The molecule has 1 atom stereocenters. The molecule has 1 aromatic heterocycles. The van der Waals surface area contributed by atoms with Crippen LogP contribution in [0.4, 0.5) is 5.82 Å². The number of anilines is 1. The van der Waals surface area contributed by atoms with E-state index in [0.29, 0.717) is 0 Å². The largest absolute Gasteiger partial charge is 0.347 e. The van der Waals surface area contributed by atoms with Gasteiger partial charge in [0.05, 0.1) is 5.69 Å². The highest BCUT2D eigenvalue weighted by Gasteiger charge is 2.31. The molecule has 1 unspecified atom stereocenters. The Morgan fingerprint density at radius 3 is 2.72 bits per heavy atom. The number of likely N-dealkylation sites (N-methyl/N-ethyl adjacent to an activating group) is 1. The van der Waals surface area contributed by atoms with Gasteiger partial charge >= 0.3 is 0 Å². The van der Waals surface area contributed by atoms with Gasteiger partial charge in [0.2, 0.25) is 5.91 Å². The van der Waals surface area contributed by atoms with Crippen LogP contribution >= 0.6 is 0 Å². The standard InChI is InChI=1S/C13H20N4O/c1-10-12(15-8-7-14-10)17-9-5-4-6-11(17)13(18)16(2)3/h7-8,11H,4-6,9H2,1-3H3. The zero-order chi connectivity index (χ0) is 13.1. The van der Waals surface area contributed by atoms with Crippen molar-refractivity contribution in [2.24, 2.45) is 0 Å². The molecule has 0 aromatic carbocycles. The Hall–Kier alpha value is -1.65. The van der Waals surface area contributed by atoms with E-state index < -0.39 is 0 Å². The van der Waals surface area contributed by atoms with Crippen molar-refractivity contribution in [1.82, 2.24) is 14.9 Å². The van der Waals surface area contributed by atoms with Crippen molar-refractivity contribution in [3.05, 3.63) is 18.1 Å². The summed E-state index contributed by atoms with van der Waals surface area (Å²) in [6.45, 7) is 2.82. The highest BCUT2D eigenvalue weighted by atomic mass is 16.2. The van der Waals surface area contributed by atoms with Crippen LogP contribution in [0.25, 0.3) is 0 Å². The summed E-state index contributed by atoms with van der Waals surface area (Å²) in [5.74, 6) is 0.997. The lowest BCUT2D eigenvalue weighted by Crippen LogP contribution is -2.49. The highest BCUT2D eigenvalue weighted by molar-refractivity contribution is 5.85. The maximum Gasteiger partial charge on any atom is 0.244 e. The second-order valence-electron chi connectivity index (χ2n) is 4.90. The van der Waals surface area contributed by atoms with Gasteiger partial charge in [-0.25, -0.2) is 4.98 Å². The fraction of sp³-hybridized carbons (Fsp3) is 0.615. The smallest absolute Gasteiger partial charge is 0.244 e. The van der Waals surface area contributed by atoms with Gasteiger partial charge in [0.25, 0.3) is 0 Å². The quantitative estimate of drug-likeness (QED) is 0.790. The Balaban J connectivity index is 2.29. The summed E-state index contributed by atoms with van der Waals surface area (Å²) in [6.07, 6.45) is 6.47. The predicted molar refractivity (Wildman–Crippen MR) is 70.4 cm³/mol. The first-order chi connectivity index (χ1) is 8.61. The van der Waals surface area contributed by atoms with Crippen molar-refractivity contribution in [2.75, 3.05) is 25.5 Å². The Bertz CT molecular complexity index is 433. The molecule has 1 amide bonds. The van der Waals surface area contributed by atoms with Crippen LogP contribution in [0.15, 0.2) is 12.4 Å². The average molecular weight is 248 g/mol. The van der Waals surface area contributed by atoms with Crippen molar-refractivity contribution in [3.8, 4) is 0 Å². The van der Waals surface area contributed by atoms with Gasteiger partial charge in [0, 0.05) is 33.0 Å². The first kappa shape index (κ1) is 12.8. The molecule has 1 aromatic rings. The predicted octanol–water partition coefficient (Wildman–Crippen LogP) is 1.23. The lowest BCUT2D eigenvalue weighted by atomic mass is 10.0. The molecular formula is C13H20N4O. The number of rotatable bonds is 2. The van der Waals surface area contributed by atoms with E-state index in [4.69, 9.17) is 0 Å². The minimum Gasteiger partial charge on any atom is -0.347 e. The SMILES string of the molecule is Cc1nccnc1N1CCCCC1C(=O)N(C)C. The van der Waals surface area contributed by atoms with Gasteiger partial charge in [-0.3, -0.25) is 9.78 Å². The number of nitrogens with zero attached hydrogens (tertiary/aromatic N) is 4. The summed E-state index contributed by atoms with van der Waals surface area (Å²) in [5.41, 5.74) is 0.885. The summed E-state index contributed by atoms with van der Waals surface area (Å²) in [6, 6.07) is -0.0934. The van der Waals surface area contributed by atoms with Crippen LogP contribution in [0.1, 0.15) is 25.0 Å². The second-order valence-corrected chi connectivity index (χ2v) is 4.90. The van der Waals surface area contributed by atoms with Crippen molar-refractivity contribution in [1.29, 1.82) is 0 Å². The summed E-state index contributed by atoms with van der Waals surface area (Å²) in [7, 11) is 3.61. The Kier molecular flexibility index (Phi) is 3.79. The fourth-order valence-corrected chi connectivity index (χ4v) is 2.42. The summed E-state index contributed by atoms with van der Waals surface area (Å²) < 4.78 is 0. The third-order valence-corrected chi connectivity index (χ3v) is 3.36. The third-order valence-electron chi connectivity index (χ3n) is 3.36. The Labute approximate surface area is 108 Å². The Morgan fingerprint density at radius 1 is 1.33 bits per heavy atom. The van der Waals surface area contributed by atoms with Crippen LogP contribution < -0.4 is 4.90 Å². The fourth-order valence-electron chi connectivity index (χ4n) is 2.42. The van der Waals surface area contributed by atoms with E-state index in [2.05, 4.69) is 14.9 Å². The molecular weight excluding hydrogens is 228 g/mol. The normalized spacial score (nSPS) is 19.7. The van der Waals surface area contributed by atoms with Gasteiger partial charge in [-0.1, -0.05) is 0 Å². The van der Waals surface area contributed by atoms with E-state index in [9.17, 15) is 4.79 Å². The van der Waals surface area contributed by atoms with Crippen molar-refractivity contribution in [3.63, 3.8) is 0 Å². The Morgan fingerprint density at radius 2 is 2.06 bits per heavy atom. The molecule has 0 aliphatic carbocycles. The molecule has 1 aliphatic rings. The molecule has 1 aliphatic heterocycles. The number of carbonyl (C=O) groups excluding carboxylic acids is 1. The molecule has 0 spiro atoms. The van der Waals surface area contributed by atoms with Gasteiger partial charge in [0.15, 0.2) is 5.82 Å². The molecule has 0 radical (unpaired) electrons. The van der Waals surface area contributed by atoms with E-state index in [0.717, 1.165) is 37.3 Å². The molecule has 2 heterocycles. The lowest BCUT2D eigenvalue weighted by Gasteiger charge is -2.37. The van der Waals surface area contributed by atoms with Crippen LogP contribution in [-0.4, -0.2) is 47.5 Å². The number of hydrogen-bond acceptors (Lipinski definition) is 4. The maximum atomic E-state index is 12.2. The molecule has 0 bridgehead atoms. The third kappa shape index (κ3) is 2.44. The lowest BCUT2D eigenvalue weighted by molar-refractivity contribution is -0.130. The van der Waals surface area contributed by atoms with Crippen molar-refractivity contribution in [2.45, 2.75) is 32.2 Å². The summed E-state index contributed by atoms with van der Waals surface area (Å²) >= 11 is 0. The molecule has 5 nitrogen and oxygen atoms in total. The summed E-state index contributed by atoms with van der Waals surface area (Å²) in [4.78, 5) is 24.6. The van der Waals surface area contributed by atoms with E-state index in [1.165, 1.54) is 0 Å². The van der Waals surface area contributed by atoms with Gasteiger partial charge in [0.1, 0.15) is 6.04 Å². The van der Waals surface area contributed by atoms with E-state index in [1.54, 1.807) is 31.4 Å². The van der Waals surface area contributed by atoms with E-state index in [1.807, 2.05) is 6.92 Å². The van der Waals surface area contributed by atoms with Crippen LogP contribution in [0.3, 0.4) is 0 Å². The van der Waals surface area contributed by atoms with E-state index >= 15 is 0 Å². The van der Waals surface area contributed by atoms with Crippen molar-refractivity contribution < 1.29 is 4.79 Å². The van der Waals surface area contributed by atoms with Crippen LogP contribution in [-0.2, 0) is 4.79 Å². The molecule has 2 rings (SSSR count). The molecule has 1 fully saturated rings. The number of piperidine rings is 1. The maximum absolute atomic E-state index is 12.2. The molecule has 18 heavy (non-hydrogen) atoms. The number of amides is 1. The minimum atomic E-state index is -0.0934. The topological polar surface area (TPSA) is 49.3 Å². The molecule has 0 saturated carbocycles. The zero-order valence-electron chi connectivity index (χ0n) is 11.3. The number of hydrogen-bond donors (Lipinski definition) is 0. The number of aryl methyl sites for hydroxylation is 1. The molecule has 5 heteroatoms. The number of carbonyl (C=O) groups is 1. The van der Waals surface area contributed by atoms with E-state index in [-0.39, 0.29) is 11.9 Å². The first-order valence-corrected chi connectivity index (χ1v) is 6.36. The van der Waals surface area contributed by atoms with Crippen LogP contribution in [0.5, 0.6) is 0 Å². The zero-order valence-corrected chi connectivity index (χ0v) is 11.3. The second kappa shape index (κ2) is 5.33. The van der Waals surface area contributed by atoms with Gasteiger partial charge in [-0.2, -0.15) is 0 Å². The van der Waals surface area contributed by atoms with Crippen LogP contribution in [0.2, 0.25) is 0 Å². The summed E-state index contributed by atoms with van der Waals surface area (Å²) in [5, 5.41) is 0. The molecule has 1 saturated heterocycles. The number of aromatic nitrogens is 2.